The van der Waals surface area contributed by atoms with Crippen LogP contribution < -0.4 is 0 Å². The van der Waals surface area contributed by atoms with Crippen LogP contribution in [0.15, 0.2) is 170 Å². The summed E-state index contributed by atoms with van der Waals surface area (Å²) in [5.41, 5.74) is 17.4. The highest BCUT2D eigenvalue weighted by atomic mass is 15.1. The van der Waals surface area contributed by atoms with Gasteiger partial charge in [-0.1, -0.05) is 135 Å². The van der Waals surface area contributed by atoms with E-state index < -0.39 is 0 Å². The van der Waals surface area contributed by atoms with Crippen LogP contribution in [-0.4, -0.2) is 19.5 Å². The minimum atomic E-state index is -0.200. The maximum absolute atomic E-state index is 5.19. The molecule has 0 spiro atoms. The molecule has 0 fully saturated rings. The van der Waals surface area contributed by atoms with E-state index in [4.69, 9.17) is 15.0 Å². The number of nitrogens with zero attached hydrogens (tertiary/aromatic N) is 4. The van der Waals surface area contributed by atoms with Crippen molar-refractivity contribution in [1.29, 1.82) is 0 Å². The number of aromatic nitrogens is 4. The summed E-state index contributed by atoms with van der Waals surface area (Å²) >= 11 is 0. The molecule has 0 atom stereocenters. The molecular formula is C48H34N4. The number of benzene rings is 7. The third kappa shape index (κ3) is 4.79. The average Bonchev–Trinajstić information content (AvgIpc) is 3.70. The SMILES string of the molecule is CC1(C)c2cc(-c3ccc(-c4nc5ccccc5n4-c4ccccc4)cc3)ccc2-c2ccc(-c3nc4ccccc4nc3-c3ccccc3)cc21. The predicted molar refractivity (Wildman–Crippen MR) is 213 cm³/mol. The van der Waals surface area contributed by atoms with Gasteiger partial charge in [0.25, 0.3) is 0 Å². The maximum Gasteiger partial charge on any atom is 0.145 e. The highest BCUT2D eigenvalue weighted by molar-refractivity contribution is 5.90. The zero-order chi connectivity index (χ0) is 34.8. The number of hydrogen-bond acceptors (Lipinski definition) is 3. The summed E-state index contributed by atoms with van der Waals surface area (Å²) in [5, 5.41) is 0. The molecule has 4 heteroatoms. The van der Waals surface area contributed by atoms with Crippen LogP contribution in [-0.2, 0) is 5.41 Å². The Bertz CT molecular complexity index is 2800. The van der Waals surface area contributed by atoms with Crippen LogP contribution in [0, 0.1) is 0 Å². The van der Waals surface area contributed by atoms with E-state index in [0.29, 0.717) is 0 Å². The second-order valence-corrected chi connectivity index (χ2v) is 14.1. The lowest BCUT2D eigenvalue weighted by atomic mass is 9.81. The maximum atomic E-state index is 5.19. The van der Waals surface area contributed by atoms with E-state index in [-0.39, 0.29) is 5.41 Å². The summed E-state index contributed by atoms with van der Waals surface area (Å²) in [6, 6.07) is 59.9. The van der Waals surface area contributed by atoms with E-state index in [2.05, 4.69) is 146 Å². The minimum absolute atomic E-state index is 0.200. The molecule has 4 nitrogen and oxygen atoms in total. The largest absolute Gasteiger partial charge is 0.292 e. The Morgan fingerprint density at radius 1 is 0.404 bits per heavy atom. The van der Waals surface area contributed by atoms with Crippen LogP contribution >= 0.6 is 0 Å². The number of hydrogen-bond donors (Lipinski definition) is 0. The van der Waals surface area contributed by atoms with E-state index in [9.17, 15) is 0 Å². The Kier molecular flexibility index (Phi) is 6.80. The van der Waals surface area contributed by atoms with Gasteiger partial charge >= 0.3 is 0 Å². The van der Waals surface area contributed by atoms with Gasteiger partial charge in [0.05, 0.1) is 33.5 Å². The fourth-order valence-electron chi connectivity index (χ4n) is 7.93. The molecule has 246 valence electrons. The third-order valence-corrected chi connectivity index (χ3v) is 10.6. The molecule has 1 aliphatic rings. The molecule has 1 aliphatic carbocycles. The van der Waals surface area contributed by atoms with Crippen LogP contribution in [0.5, 0.6) is 0 Å². The first-order chi connectivity index (χ1) is 25.5. The second-order valence-electron chi connectivity index (χ2n) is 14.1. The van der Waals surface area contributed by atoms with Crippen LogP contribution in [0.1, 0.15) is 25.0 Å². The van der Waals surface area contributed by atoms with Crippen molar-refractivity contribution in [3.05, 3.63) is 181 Å². The molecule has 7 aromatic carbocycles. The van der Waals surface area contributed by atoms with Crippen LogP contribution in [0.2, 0.25) is 0 Å². The van der Waals surface area contributed by atoms with Crippen molar-refractivity contribution in [3.8, 4) is 61.8 Å². The quantitative estimate of drug-likeness (QED) is 0.184. The van der Waals surface area contributed by atoms with Gasteiger partial charge in [-0.25, -0.2) is 15.0 Å². The Hall–Kier alpha value is -6.65. The lowest BCUT2D eigenvalue weighted by Gasteiger charge is -2.23. The molecule has 2 aromatic heterocycles. The van der Waals surface area contributed by atoms with Gasteiger partial charge in [-0.15, -0.1) is 0 Å². The Labute approximate surface area is 302 Å². The zero-order valence-electron chi connectivity index (χ0n) is 29.0. The fraction of sp³-hybridized carbons (Fsp3) is 0.0625. The van der Waals surface area contributed by atoms with E-state index in [1.54, 1.807) is 0 Å². The molecule has 10 rings (SSSR count). The number of fused-ring (bicyclic) bond motifs is 5. The number of para-hydroxylation sites is 5. The smallest absolute Gasteiger partial charge is 0.145 e. The average molecular weight is 667 g/mol. The van der Waals surface area contributed by atoms with E-state index in [1.165, 1.54) is 33.4 Å². The van der Waals surface area contributed by atoms with Crippen molar-refractivity contribution < 1.29 is 0 Å². The monoisotopic (exact) mass is 666 g/mol. The topological polar surface area (TPSA) is 43.6 Å². The van der Waals surface area contributed by atoms with Crippen LogP contribution in [0.25, 0.3) is 83.9 Å². The second kappa shape index (κ2) is 11.7. The van der Waals surface area contributed by atoms with Crippen LogP contribution in [0.4, 0.5) is 0 Å². The molecule has 0 amide bonds. The summed E-state index contributed by atoms with van der Waals surface area (Å²) in [5.74, 6) is 0.937. The van der Waals surface area contributed by atoms with Gasteiger partial charge in [-0.3, -0.25) is 4.57 Å². The molecule has 0 N–H and O–H groups in total. The van der Waals surface area contributed by atoms with Crippen molar-refractivity contribution in [3.63, 3.8) is 0 Å². The first-order valence-electron chi connectivity index (χ1n) is 17.8. The fourth-order valence-corrected chi connectivity index (χ4v) is 7.93. The van der Waals surface area contributed by atoms with E-state index >= 15 is 0 Å². The number of rotatable bonds is 5. The van der Waals surface area contributed by atoms with Gasteiger partial charge in [0.15, 0.2) is 0 Å². The van der Waals surface area contributed by atoms with Crippen molar-refractivity contribution in [2.24, 2.45) is 0 Å². The van der Waals surface area contributed by atoms with Crippen molar-refractivity contribution in [2.75, 3.05) is 0 Å². The highest BCUT2D eigenvalue weighted by Crippen LogP contribution is 2.51. The van der Waals surface area contributed by atoms with Gasteiger partial charge in [0.2, 0.25) is 0 Å². The molecule has 0 bridgehead atoms. The molecule has 52 heavy (non-hydrogen) atoms. The Balaban J connectivity index is 1.02. The Morgan fingerprint density at radius 3 is 1.58 bits per heavy atom. The summed E-state index contributed by atoms with van der Waals surface area (Å²) in [6.07, 6.45) is 0. The summed E-state index contributed by atoms with van der Waals surface area (Å²) in [4.78, 5) is 15.4. The predicted octanol–water partition coefficient (Wildman–Crippen LogP) is 11.9. The Morgan fingerprint density at radius 2 is 0.904 bits per heavy atom. The molecule has 0 radical (unpaired) electrons. The molecule has 0 unspecified atom stereocenters. The molecule has 9 aromatic rings. The first kappa shape index (κ1) is 30.2. The van der Waals surface area contributed by atoms with Crippen molar-refractivity contribution in [2.45, 2.75) is 19.3 Å². The summed E-state index contributed by atoms with van der Waals surface area (Å²) in [6.45, 7) is 4.68. The first-order valence-corrected chi connectivity index (χ1v) is 17.8. The molecule has 0 saturated heterocycles. The molecular weight excluding hydrogens is 633 g/mol. The van der Waals surface area contributed by atoms with E-state index in [1.807, 2.05) is 42.5 Å². The lowest BCUT2D eigenvalue weighted by Crippen LogP contribution is -2.15. The molecule has 0 saturated carbocycles. The van der Waals surface area contributed by atoms with Gasteiger partial charge in [0.1, 0.15) is 5.82 Å². The van der Waals surface area contributed by atoms with Gasteiger partial charge in [-0.05, 0) is 81.9 Å². The van der Waals surface area contributed by atoms with Gasteiger partial charge in [0, 0.05) is 27.8 Å². The van der Waals surface area contributed by atoms with Gasteiger partial charge in [-0.2, -0.15) is 0 Å². The molecule has 0 aliphatic heterocycles. The van der Waals surface area contributed by atoms with Crippen molar-refractivity contribution in [1.82, 2.24) is 19.5 Å². The zero-order valence-corrected chi connectivity index (χ0v) is 29.0. The van der Waals surface area contributed by atoms with Gasteiger partial charge < -0.3 is 0 Å². The number of imidazole rings is 1. The third-order valence-electron chi connectivity index (χ3n) is 10.6. The van der Waals surface area contributed by atoms with Crippen LogP contribution in [0.3, 0.4) is 0 Å². The molecule has 2 heterocycles. The minimum Gasteiger partial charge on any atom is -0.292 e. The lowest BCUT2D eigenvalue weighted by molar-refractivity contribution is 0.661. The van der Waals surface area contributed by atoms with E-state index in [0.717, 1.165) is 61.7 Å². The normalized spacial score (nSPS) is 13.0. The highest BCUT2D eigenvalue weighted by Gasteiger charge is 2.36. The standard InChI is InChI=1S/C48H34N4/c1-48(2)39-29-34(31-21-23-33(24-22-31)47-51-43-19-11-12-20-44(43)52(47)36-15-7-4-8-16-36)25-27-37(39)38-28-26-35(30-40(38)48)46-45(32-13-5-3-6-14-32)49-41-17-9-10-18-42(41)50-46/h3-30H,1-2H3. The van der Waals surface area contributed by atoms with Crippen molar-refractivity contribution >= 4 is 22.1 Å². The summed E-state index contributed by atoms with van der Waals surface area (Å²) in [7, 11) is 0. The summed E-state index contributed by atoms with van der Waals surface area (Å²) < 4.78 is 2.25.